The minimum atomic E-state index is -0.846. The highest BCUT2D eigenvalue weighted by Gasteiger charge is 2.71. The highest BCUT2D eigenvalue weighted by molar-refractivity contribution is 8.02. The van der Waals surface area contributed by atoms with Gasteiger partial charge in [-0.05, 0) is 17.9 Å². The molecule has 1 aromatic rings. The first-order valence-corrected chi connectivity index (χ1v) is 15.3. The standard InChI is InChI=1S/C31H41N3O4S/c1-4-6-16-32-18-11-15-31-26(29(37)34(27(31)30(32)38)23(20-35)21(3)5-2)25-24(39-31)14-10-17-33(28(25)36)19-22-12-8-7-9-13-22/h7-15,21,23-27,35H,4-6,16-20H2,1-3H3/t21-,23-,24+,25-,26-,27?,31-/m0/s1. The lowest BCUT2D eigenvalue weighted by molar-refractivity contribution is -0.148. The molecule has 7 atom stereocenters. The van der Waals surface area contributed by atoms with Gasteiger partial charge in [0.05, 0.1) is 29.2 Å². The number of amides is 3. The smallest absolute Gasteiger partial charge is 0.247 e. The van der Waals surface area contributed by atoms with Gasteiger partial charge in [-0.15, -0.1) is 11.8 Å². The minimum absolute atomic E-state index is 0.0130. The number of fused-ring (bicyclic) bond motifs is 2. The van der Waals surface area contributed by atoms with E-state index in [0.717, 1.165) is 24.8 Å². The van der Waals surface area contributed by atoms with E-state index in [2.05, 4.69) is 19.1 Å². The van der Waals surface area contributed by atoms with Crippen LogP contribution < -0.4 is 0 Å². The van der Waals surface area contributed by atoms with E-state index in [1.54, 1.807) is 16.7 Å². The third-order valence-corrected chi connectivity index (χ3v) is 10.9. The summed E-state index contributed by atoms with van der Waals surface area (Å²) in [5.74, 6) is -1.47. The number of hydrogen-bond donors (Lipinski definition) is 1. The van der Waals surface area contributed by atoms with Gasteiger partial charge in [0.2, 0.25) is 17.7 Å². The second-order valence-electron chi connectivity index (χ2n) is 11.4. The Bertz CT molecular complexity index is 1140. The maximum absolute atomic E-state index is 14.5. The van der Waals surface area contributed by atoms with Gasteiger partial charge in [-0.1, -0.05) is 88.2 Å². The lowest BCUT2D eigenvalue weighted by atomic mass is 9.78. The molecule has 0 saturated carbocycles. The van der Waals surface area contributed by atoms with Crippen LogP contribution in [-0.4, -0.2) is 85.8 Å². The zero-order valence-corrected chi connectivity index (χ0v) is 24.1. The predicted molar refractivity (Wildman–Crippen MR) is 154 cm³/mol. The Morgan fingerprint density at radius 1 is 1.03 bits per heavy atom. The fourth-order valence-corrected chi connectivity index (χ4v) is 8.84. The van der Waals surface area contributed by atoms with Crippen LogP contribution in [0.2, 0.25) is 0 Å². The van der Waals surface area contributed by atoms with Crippen LogP contribution in [0.3, 0.4) is 0 Å². The number of rotatable bonds is 9. The average molecular weight is 552 g/mol. The molecule has 1 N–H and O–H groups in total. The Hall–Kier alpha value is -2.58. The highest BCUT2D eigenvalue weighted by atomic mass is 32.2. The molecule has 8 heteroatoms. The van der Waals surface area contributed by atoms with E-state index in [0.29, 0.717) is 26.2 Å². The van der Waals surface area contributed by atoms with Gasteiger partial charge in [0.1, 0.15) is 6.04 Å². The van der Waals surface area contributed by atoms with Crippen LogP contribution >= 0.6 is 11.8 Å². The molecular formula is C31H41N3O4S. The fraction of sp³-hybridized carbons (Fsp3) is 0.581. The number of thioether (sulfide) groups is 1. The lowest BCUT2D eigenvalue weighted by Gasteiger charge is -2.40. The zero-order valence-electron chi connectivity index (χ0n) is 23.2. The van der Waals surface area contributed by atoms with Crippen LogP contribution in [-0.2, 0) is 20.9 Å². The Morgan fingerprint density at radius 2 is 1.77 bits per heavy atom. The van der Waals surface area contributed by atoms with Crippen LogP contribution in [0.15, 0.2) is 54.6 Å². The van der Waals surface area contributed by atoms with Crippen molar-refractivity contribution < 1.29 is 19.5 Å². The second-order valence-corrected chi connectivity index (χ2v) is 12.9. The van der Waals surface area contributed by atoms with E-state index in [1.807, 2.05) is 66.1 Å². The number of benzene rings is 1. The van der Waals surface area contributed by atoms with E-state index < -0.39 is 28.7 Å². The molecule has 1 spiro atoms. The molecule has 1 unspecified atom stereocenters. The van der Waals surface area contributed by atoms with E-state index >= 15 is 0 Å². The zero-order chi connectivity index (χ0) is 27.7. The molecule has 4 heterocycles. The molecule has 4 aliphatic rings. The molecule has 7 nitrogen and oxygen atoms in total. The summed E-state index contributed by atoms with van der Waals surface area (Å²) >= 11 is 1.61. The van der Waals surface area contributed by atoms with Gasteiger partial charge in [-0.2, -0.15) is 0 Å². The van der Waals surface area contributed by atoms with Crippen molar-refractivity contribution in [3.63, 3.8) is 0 Å². The largest absolute Gasteiger partial charge is 0.394 e. The first-order valence-electron chi connectivity index (χ1n) is 14.4. The number of aliphatic hydroxyl groups is 1. The first kappa shape index (κ1) is 28.0. The molecule has 210 valence electrons. The summed E-state index contributed by atoms with van der Waals surface area (Å²) in [5.41, 5.74) is 1.04. The van der Waals surface area contributed by atoms with Crippen LogP contribution in [0, 0.1) is 17.8 Å². The summed E-state index contributed by atoms with van der Waals surface area (Å²) in [4.78, 5) is 48.5. The molecule has 0 radical (unpaired) electrons. The molecule has 39 heavy (non-hydrogen) atoms. The molecule has 0 aliphatic carbocycles. The third kappa shape index (κ3) is 4.73. The Morgan fingerprint density at radius 3 is 2.46 bits per heavy atom. The van der Waals surface area contributed by atoms with Crippen molar-refractivity contribution in [3.8, 4) is 0 Å². The van der Waals surface area contributed by atoms with Gasteiger partial charge >= 0.3 is 0 Å². The topological polar surface area (TPSA) is 81.2 Å². The van der Waals surface area contributed by atoms with E-state index in [1.165, 1.54) is 0 Å². The Kier molecular flexibility index (Phi) is 8.24. The molecule has 0 aromatic heterocycles. The molecule has 2 fully saturated rings. The average Bonchev–Trinajstić information content (AvgIpc) is 3.27. The number of hydrogen-bond acceptors (Lipinski definition) is 5. The summed E-state index contributed by atoms with van der Waals surface area (Å²) < 4.78 is -0.846. The molecule has 0 bridgehead atoms. The molecule has 2 saturated heterocycles. The molecule has 1 aromatic carbocycles. The van der Waals surface area contributed by atoms with Gasteiger partial charge in [-0.25, -0.2) is 0 Å². The normalized spacial score (nSPS) is 31.6. The maximum atomic E-state index is 14.5. The highest BCUT2D eigenvalue weighted by Crippen LogP contribution is 2.61. The summed E-state index contributed by atoms with van der Waals surface area (Å²) in [6.45, 7) is 8.06. The molecule has 5 rings (SSSR count). The number of nitrogens with zero attached hydrogens (tertiary/aromatic N) is 3. The maximum Gasteiger partial charge on any atom is 0.247 e. The number of aliphatic hydroxyl groups excluding tert-OH is 1. The Labute approximate surface area is 236 Å². The quantitative estimate of drug-likeness (QED) is 0.476. The van der Waals surface area contributed by atoms with Crippen molar-refractivity contribution in [2.24, 2.45) is 17.8 Å². The predicted octanol–water partition coefficient (Wildman–Crippen LogP) is 3.49. The minimum Gasteiger partial charge on any atom is -0.394 e. The van der Waals surface area contributed by atoms with Crippen LogP contribution in [0.5, 0.6) is 0 Å². The van der Waals surface area contributed by atoms with Crippen LogP contribution in [0.1, 0.15) is 45.6 Å². The van der Waals surface area contributed by atoms with Crippen molar-refractivity contribution in [2.75, 3.05) is 26.2 Å². The summed E-state index contributed by atoms with van der Waals surface area (Å²) in [6, 6.07) is 8.70. The Balaban J connectivity index is 1.57. The molecule has 4 aliphatic heterocycles. The van der Waals surface area contributed by atoms with Crippen molar-refractivity contribution in [2.45, 2.75) is 68.7 Å². The summed E-state index contributed by atoms with van der Waals surface area (Å²) in [6.07, 6.45) is 10.8. The lowest BCUT2D eigenvalue weighted by Crippen LogP contribution is -2.57. The van der Waals surface area contributed by atoms with Gasteiger partial charge in [0.15, 0.2) is 0 Å². The van der Waals surface area contributed by atoms with Gasteiger partial charge in [0, 0.05) is 31.4 Å². The SMILES string of the molecule is CCCCN1CC=C[C@]23S[C@@H]4C=CCN(Cc5ccccc5)C(=O)[C@@H]4[C@H]2C(=O)N([C@@H](CO)[C@@H](C)CC)C3C1=O. The van der Waals surface area contributed by atoms with Gasteiger partial charge < -0.3 is 19.8 Å². The van der Waals surface area contributed by atoms with E-state index in [4.69, 9.17) is 0 Å². The molecular weight excluding hydrogens is 510 g/mol. The molecule has 3 amide bonds. The first-order chi connectivity index (χ1) is 18.9. The van der Waals surface area contributed by atoms with Crippen molar-refractivity contribution >= 4 is 29.5 Å². The summed E-state index contributed by atoms with van der Waals surface area (Å²) in [5, 5.41) is 10.3. The second kappa shape index (κ2) is 11.5. The number of carbonyl (C=O) groups is 3. The van der Waals surface area contributed by atoms with E-state index in [-0.39, 0.29) is 35.5 Å². The van der Waals surface area contributed by atoms with Crippen molar-refractivity contribution in [3.05, 3.63) is 60.2 Å². The monoisotopic (exact) mass is 551 g/mol. The number of unbranched alkanes of at least 4 members (excludes halogenated alkanes) is 1. The van der Waals surface area contributed by atoms with Crippen molar-refractivity contribution in [1.29, 1.82) is 0 Å². The number of carbonyl (C=O) groups excluding carboxylic acids is 3. The van der Waals surface area contributed by atoms with E-state index in [9.17, 15) is 19.5 Å². The fourth-order valence-electron chi connectivity index (χ4n) is 6.84. The van der Waals surface area contributed by atoms with Crippen LogP contribution in [0.25, 0.3) is 0 Å². The van der Waals surface area contributed by atoms with Gasteiger partial charge in [-0.3, -0.25) is 14.4 Å². The summed E-state index contributed by atoms with van der Waals surface area (Å²) in [7, 11) is 0. The van der Waals surface area contributed by atoms with Crippen LogP contribution in [0.4, 0.5) is 0 Å². The number of likely N-dealkylation sites (tertiary alicyclic amines) is 1. The third-order valence-electron chi connectivity index (χ3n) is 9.11. The van der Waals surface area contributed by atoms with Crippen molar-refractivity contribution in [1.82, 2.24) is 14.7 Å². The van der Waals surface area contributed by atoms with Gasteiger partial charge in [0.25, 0.3) is 0 Å².